The van der Waals surface area contributed by atoms with Crippen LogP contribution in [0.25, 0.3) is 11.3 Å². The molecule has 1 aliphatic rings. The highest BCUT2D eigenvalue weighted by Gasteiger charge is 2.21. The molecule has 25 heavy (non-hydrogen) atoms. The van der Waals surface area contributed by atoms with E-state index in [2.05, 4.69) is 20.0 Å². The molecule has 3 rings (SSSR count). The molecule has 7 heteroatoms. The van der Waals surface area contributed by atoms with Crippen molar-refractivity contribution in [3.63, 3.8) is 0 Å². The van der Waals surface area contributed by atoms with Crippen LogP contribution in [0, 0.1) is 19.8 Å². The number of carbonyl (C=O) groups is 1. The van der Waals surface area contributed by atoms with Gasteiger partial charge in [-0.3, -0.25) is 4.79 Å². The van der Waals surface area contributed by atoms with Crippen molar-refractivity contribution in [1.82, 2.24) is 20.0 Å². The lowest BCUT2D eigenvalue weighted by atomic mass is 9.91. The summed E-state index contributed by atoms with van der Waals surface area (Å²) in [6.07, 6.45) is 5.24. The van der Waals surface area contributed by atoms with E-state index in [0.717, 1.165) is 67.3 Å². The Hall–Kier alpha value is -2.28. The van der Waals surface area contributed by atoms with E-state index in [1.165, 1.54) is 0 Å². The number of amides is 1. The molecular weight excluding hydrogens is 318 g/mol. The Labute approximate surface area is 147 Å². The van der Waals surface area contributed by atoms with Crippen molar-refractivity contribution in [2.24, 2.45) is 11.7 Å². The summed E-state index contributed by atoms with van der Waals surface area (Å²) in [6, 6.07) is 2.05. The number of aryl methyl sites for hydroxylation is 2. The average Bonchev–Trinajstić information content (AvgIpc) is 2.93. The van der Waals surface area contributed by atoms with Crippen LogP contribution in [-0.2, 0) is 11.2 Å². The first-order chi connectivity index (χ1) is 12.0. The van der Waals surface area contributed by atoms with Gasteiger partial charge in [0.1, 0.15) is 12.1 Å². The predicted octanol–water partition coefficient (Wildman–Crippen LogP) is 1.88. The van der Waals surface area contributed by atoms with Crippen molar-refractivity contribution in [3.05, 3.63) is 29.5 Å². The molecule has 0 radical (unpaired) electrons. The van der Waals surface area contributed by atoms with Crippen molar-refractivity contribution in [2.75, 3.05) is 19.6 Å². The van der Waals surface area contributed by atoms with Gasteiger partial charge in [-0.05, 0) is 58.2 Å². The number of carbonyl (C=O) groups excluding carboxylic acids is 1. The van der Waals surface area contributed by atoms with Gasteiger partial charge in [-0.15, -0.1) is 0 Å². The van der Waals surface area contributed by atoms with E-state index in [4.69, 9.17) is 10.3 Å². The first-order valence-corrected chi connectivity index (χ1v) is 8.77. The summed E-state index contributed by atoms with van der Waals surface area (Å²) in [5.41, 5.74) is 8.97. The van der Waals surface area contributed by atoms with Gasteiger partial charge in [0.15, 0.2) is 0 Å². The maximum atomic E-state index is 10.9. The number of rotatable bonds is 6. The van der Waals surface area contributed by atoms with Gasteiger partial charge in [-0.2, -0.15) is 0 Å². The van der Waals surface area contributed by atoms with Crippen LogP contribution in [0.3, 0.4) is 0 Å². The number of likely N-dealkylation sites (tertiary alicyclic amines) is 1. The normalized spacial score (nSPS) is 16.2. The standard InChI is InChI=1S/C18H25N5O2/c1-12-18(13(2)25-22-12)16-10-15(20-11-21-16)9-14-3-6-23(7-4-14)8-5-17(19)24/h10-11,14H,3-9H2,1-2H3,(H2,19,24). The Morgan fingerprint density at radius 1 is 1.32 bits per heavy atom. The molecule has 0 unspecified atom stereocenters. The Balaban J connectivity index is 1.59. The summed E-state index contributed by atoms with van der Waals surface area (Å²) >= 11 is 0. The third-order valence-electron chi connectivity index (χ3n) is 4.89. The lowest BCUT2D eigenvalue weighted by Gasteiger charge is -2.31. The molecule has 0 aliphatic carbocycles. The molecular formula is C18H25N5O2. The lowest BCUT2D eigenvalue weighted by Crippen LogP contribution is -2.36. The van der Waals surface area contributed by atoms with Gasteiger partial charge in [0, 0.05) is 18.7 Å². The summed E-state index contributed by atoms with van der Waals surface area (Å²) < 4.78 is 5.24. The topological polar surface area (TPSA) is 98.1 Å². The molecule has 2 aromatic rings. The summed E-state index contributed by atoms with van der Waals surface area (Å²) in [7, 11) is 0. The van der Waals surface area contributed by atoms with Crippen molar-refractivity contribution in [1.29, 1.82) is 0 Å². The van der Waals surface area contributed by atoms with Crippen LogP contribution in [-0.4, -0.2) is 45.6 Å². The Bertz CT molecular complexity index is 715. The van der Waals surface area contributed by atoms with Crippen LogP contribution in [0.15, 0.2) is 16.9 Å². The van der Waals surface area contributed by atoms with E-state index in [-0.39, 0.29) is 5.91 Å². The number of primary amides is 1. The number of piperidine rings is 1. The average molecular weight is 343 g/mol. The first-order valence-electron chi connectivity index (χ1n) is 8.77. The third-order valence-corrected chi connectivity index (χ3v) is 4.89. The minimum Gasteiger partial charge on any atom is -0.370 e. The number of hydrogen-bond donors (Lipinski definition) is 1. The summed E-state index contributed by atoms with van der Waals surface area (Å²) in [5, 5.41) is 4.00. The fourth-order valence-corrected chi connectivity index (χ4v) is 3.47. The smallest absolute Gasteiger partial charge is 0.218 e. The molecule has 1 amide bonds. The van der Waals surface area contributed by atoms with E-state index in [1.807, 2.05) is 19.9 Å². The highest BCUT2D eigenvalue weighted by molar-refractivity contribution is 5.73. The van der Waals surface area contributed by atoms with Crippen molar-refractivity contribution >= 4 is 5.91 Å². The molecule has 2 N–H and O–H groups in total. The van der Waals surface area contributed by atoms with Crippen molar-refractivity contribution in [3.8, 4) is 11.3 Å². The summed E-state index contributed by atoms with van der Waals surface area (Å²) in [5.74, 6) is 1.16. The molecule has 0 aromatic carbocycles. The highest BCUT2D eigenvalue weighted by atomic mass is 16.5. The molecule has 2 aromatic heterocycles. The van der Waals surface area contributed by atoms with Gasteiger partial charge in [-0.25, -0.2) is 9.97 Å². The van der Waals surface area contributed by atoms with E-state index in [0.29, 0.717) is 12.3 Å². The van der Waals surface area contributed by atoms with E-state index in [9.17, 15) is 4.79 Å². The third kappa shape index (κ3) is 4.42. The van der Waals surface area contributed by atoms with Crippen LogP contribution < -0.4 is 5.73 Å². The summed E-state index contributed by atoms with van der Waals surface area (Å²) in [6.45, 7) is 6.62. The molecule has 0 saturated carbocycles. The Morgan fingerprint density at radius 3 is 2.72 bits per heavy atom. The van der Waals surface area contributed by atoms with Gasteiger partial charge < -0.3 is 15.2 Å². The van der Waals surface area contributed by atoms with Crippen LogP contribution in [0.5, 0.6) is 0 Å². The monoisotopic (exact) mass is 343 g/mol. The van der Waals surface area contributed by atoms with Crippen LogP contribution in [0.2, 0.25) is 0 Å². The number of hydrogen-bond acceptors (Lipinski definition) is 6. The second-order valence-corrected chi connectivity index (χ2v) is 6.80. The number of nitrogens with zero attached hydrogens (tertiary/aromatic N) is 4. The summed E-state index contributed by atoms with van der Waals surface area (Å²) in [4.78, 5) is 22.0. The minimum absolute atomic E-state index is 0.227. The zero-order chi connectivity index (χ0) is 17.8. The van der Waals surface area contributed by atoms with E-state index >= 15 is 0 Å². The van der Waals surface area contributed by atoms with Gasteiger partial charge in [0.2, 0.25) is 5.91 Å². The maximum Gasteiger partial charge on any atom is 0.218 e. The van der Waals surface area contributed by atoms with Crippen molar-refractivity contribution in [2.45, 2.75) is 39.5 Å². The Kier molecular flexibility index (Phi) is 5.43. The molecule has 0 spiro atoms. The van der Waals surface area contributed by atoms with Crippen molar-refractivity contribution < 1.29 is 9.32 Å². The van der Waals surface area contributed by atoms with E-state index < -0.39 is 0 Å². The van der Waals surface area contributed by atoms with Gasteiger partial charge in [-0.1, -0.05) is 5.16 Å². The molecule has 0 bridgehead atoms. The molecule has 1 fully saturated rings. The van der Waals surface area contributed by atoms with Crippen LogP contribution in [0.1, 0.15) is 36.4 Å². The zero-order valence-electron chi connectivity index (χ0n) is 14.9. The van der Waals surface area contributed by atoms with E-state index in [1.54, 1.807) is 6.33 Å². The molecule has 1 saturated heterocycles. The van der Waals surface area contributed by atoms with Crippen LogP contribution >= 0.6 is 0 Å². The number of aromatic nitrogens is 3. The maximum absolute atomic E-state index is 10.9. The van der Waals surface area contributed by atoms with Gasteiger partial charge in [0.05, 0.1) is 17.0 Å². The first kappa shape index (κ1) is 17.5. The quantitative estimate of drug-likeness (QED) is 0.860. The molecule has 3 heterocycles. The molecule has 1 aliphatic heterocycles. The Morgan fingerprint density at radius 2 is 2.08 bits per heavy atom. The number of nitrogens with two attached hydrogens (primary N) is 1. The molecule has 7 nitrogen and oxygen atoms in total. The van der Waals surface area contributed by atoms with Crippen LogP contribution in [0.4, 0.5) is 0 Å². The lowest BCUT2D eigenvalue weighted by molar-refractivity contribution is -0.118. The molecule has 0 atom stereocenters. The fourth-order valence-electron chi connectivity index (χ4n) is 3.47. The minimum atomic E-state index is -0.227. The van der Waals surface area contributed by atoms with Gasteiger partial charge in [0.25, 0.3) is 0 Å². The largest absolute Gasteiger partial charge is 0.370 e. The SMILES string of the molecule is Cc1noc(C)c1-c1cc(CC2CCN(CCC(N)=O)CC2)ncn1. The highest BCUT2D eigenvalue weighted by Crippen LogP contribution is 2.27. The predicted molar refractivity (Wildman–Crippen MR) is 93.7 cm³/mol. The second-order valence-electron chi connectivity index (χ2n) is 6.80. The zero-order valence-corrected chi connectivity index (χ0v) is 14.9. The molecule has 134 valence electrons. The fraction of sp³-hybridized carbons (Fsp3) is 0.556. The van der Waals surface area contributed by atoms with Gasteiger partial charge >= 0.3 is 0 Å². The second kappa shape index (κ2) is 7.74.